The molecule has 0 spiro atoms. The molecule has 3 aromatic rings. The molecule has 1 N–H and O–H groups in total. The molecule has 10 heteroatoms. The average Bonchev–Trinajstić information content (AvgIpc) is 3.12. The molecule has 2 atom stereocenters. The van der Waals surface area contributed by atoms with Crippen molar-refractivity contribution in [2.75, 3.05) is 13.1 Å². The molecule has 0 bridgehead atoms. The van der Waals surface area contributed by atoms with E-state index in [1.54, 1.807) is 21.7 Å². The molecule has 0 radical (unpaired) electrons. The SMILES string of the molecule is CC1CC1c1nc(-c2cnn3c(C4CCN(C(=O)OC(C)(C)C)CC4)cc(=O)[nH]c23)no1. The number of carbonyl (C=O) groups is 1. The third-order valence-electron chi connectivity index (χ3n) is 6.21. The summed E-state index contributed by atoms with van der Waals surface area (Å²) in [6.07, 6.45) is 3.86. The molecule has 1 saturated heterocycles. The van der Waals surface area contributed by atoms with E-state index in [2.05, 4.69) is 27.1 Å². The monoisotopic (exact) mass is 440 g/mol. The van der Waals surface area contributed by atoms with E-state index in [-0.39, 0.29) is 17.6 Å². The van der Waals surface area contributed by atoms with Crippen molar-refractivity contribution < 1.29 is 14.1 Å². The van der Waals surface area contributed by atoms with E-state index >= 15 is 0 Å². The summed E-state index contributed by atoms with van der Waals surface area (Å²) in [7, 11) is 0. The summed E-state index contributed by atoms with van der Waals surface area (Å²) in [5, 5.41) is 8.63. The van der Waals surface area contributed by atoms with Crippen LogP contribution >= 0.6 is 0 Å². The largest absolute Gasteiger partial charge is 0.444 e. The number of likely N-dealkylation sites (tertiary alicyclic amines) is 1. The van der Waals surface area contributed by atoms with Crippen molar-refractivity contribution in [1.82, 2.24) is 29.6 Å². The zero-order valence-corrected chi connectivity index (χ0v) is 18.8. The molecule has 1 saturated carbocycles. The molecule has 2 unspecified atom stereocenters. The summed E-state index contributed by atoms with van der Waals surface area (Å²) in [5.74, 6) is 2.05. The number of fused-ring (bicyclic) bond motifs is 1. The Kier molecular flexibility index (Phi) is 4.83. The summed E-state index contributed by atoms with van der Waals surface area (Å²) in [5.41, 5.74) is 1.28. The van der Waals surface area contributed by atoms with E-state index in [1.807, 2.05) is 20.8 Å². The summed E-state index contributed by atoms with van der Waals surface area (Å²) in [6, 6.07) is 1.59. The second-order valence-electron chi connectivity index (χ2n) is 9.89. The molecule has 1 aliphatic carbocycles. The van der Waals surface area contributed by atoms with Gasteiger partial charge >= 0.3 is 6.09 Å². The third kappa shape index (κ3) is 3.89. The molecule has 1 aliphatic heterocycles. The van der Waals surface area contributed by atoms with E-state index in [9.17, 15) is 9.59 Å². The van der Waals surface area contributed by atoms with Crippen LogP contribution in [0.3, 0.4) is 0 Å². The first-order valence-corrected chi connectivity index (χ1v) is 11.1. The standard InChI is InChI=1S/C22H28N6O4/c1-12-9-14(12)20-25-18(26-32-20)15-11-23-28-16(10-17(29)24-19(15)28)13-5-7-27(8-6-13)21(30)31-22(2,3)4/h10-14H,5-9H2,1-4H3,(H,24,29). The van der Waals surface area contributed by atoms with Crippen molar-refractivity contribution in [2.24, 2.45) is 5.92 Å². The van der Waals surface area contributed by atoms with Gasteiger partial charge in [-0.1, -0.05) is 12.1 Å². The Morgan fingerprint density at radius 2 is 2.00 bits per heavy atom. The van der Waals surface area contributed by atoms with Gasteiger partial charge in [0.05, 0.1) is 17.5 Å². The van der Waals surface area contributed by atoms with Gasteiger partial charge in [-0.3, -0.25) is 4.79 Å². The Bertz CT molecular complexity index is 1210. The maximum Gasteiger partial charge on any atom is 0.410 e. The molecule has 5 rings (SSSR count). The minimum atomic E-state index is -0.523. The topological polar surface area (TPSA) is 119 Å². The third-order valence-corrected chi connectivity index (χ3v) is 6.21. The molecule has 170 valence electrons. The minimum Gasteiger partial charge on any atom is -0.444 e. The van der Waals surface area contributed by atoms with E-state index in [0.29, 0.717) is 47.9 Å². The first-order chi connectivity index (χ1) is 15.2. The van der Waals surface area contributed by atoms with Crippen LogP contribution in [-0.2, 0) is 4.74 Å². The normalized spacial score (nSPS) is 21.8. The Morgan fingerprint density at radius 1 is 1.28 bits per heavy atom. The predicted molar refractivity (Wildman–Crippen MR) is 115 cm³/mol. The number of amides is 1. The highest BCUT2D eigenvalue weighted by molar-refractivity contribution is 5.72. The molecule has 32 heavy (non-hydrogen) atoms. The van der Waals surface area contributed by atoms with Crippen LogP contribution in [0.4, 0.5) is 4.79 Å². The molecular formula is C22H28N6O4. The number of nitrogens with one attached hydrogen (secondary N) is 1. The van der Waals surface area contributed by atoms with Gasteiger partial charge in [-0.25, -0.2) is 9.31 Å². The molecular weight excluding hydrogens is 412 g/mol. The fourth-order valence-electron chi connectivity index (χ4n) is 4.31. The second-order valence-corrected chi connectivity index (χ2v) is 9.89. The Labute approximate surface area is 184 Å². The minimum absolute atomic E-state index is 0.0966. The van der Waals surface area contributed by atoms with Crippen molar-refractivity contribution in [1.29, 1.82) is 0 Å². The number of H-pyrrole nitrogens is 1. The number of piperidine rings is 1. The number of nitrogens with zero attached hydrogens (tertiary/aromatic N) is 5. The molecule has 4 heterocycles. The van der Waals surface area contributed by atoms with Crippen LogP contribution in [0.25, 0.3) is 17.0 Å². The van der Waals surface area contributed by atoms with Gasteiger partial charge in [0.1, 0.15) is 11.2 Å². The maximum atomic E-state index is 12.5. The smallest absolute Gasteiger partial charge is 0.410 e. The lowest BCUT2D eigenvalue weighted by atomic mass is 9.93. The van der Waals surface area contributed by atoms with Crippen LogP contribution in [0.2, 0.25) is 0 Å². The van der Waals surface area contributed by atoms with E-state index in [1.165, 1.54) is 0 Å². The second kappa shape index (κ2) is 7.46. The lowest BCUT2D eigenvalue weighted by Crippen LogP contribution is -2.41. The first-order valence-electron chi connectivity index (χ1n) is 11.1. The molecule has 0 aromatic carbocycles. The van der Waals surface area contributed by atoms with E-state index < -0.39 is 5.60 Å². The lowest BCUT2D eigenvalue weighted by molar-refractivity contribution is 0.0203. The van der Waals surface area contributed by atoms with Crippen molar-refractivity contribution in [2.45, 2.75) is 64.4 Å². The average molecular weight is 441 g/mol. The van der Waals surface area contributed by atoms with Gasteiger partial charge < -0.3 is 19.1 Å². The Hall–Kier alpha value is -3.17. The highest BCUT2D eigenvalue weighted by Gasteiger charge is 2.39. The van der Waals surface area contributed by atoms with Gasteiger partial charge in [0.25, 0.3) is 5.56 Å². The number of hydrogen-bond acceptors (Lipinski definition) is 7. The Morgan fingerprint density at radius 3 is 2.66 bits per heavy atom. The number of hydrogen-bond donors (Lipinski definition) is 1. The van der Waals surface area contributed by atoms with Crippen molar-refractivity contribution in [3.05, 3.63) is 34.2 Å². The van der Waals surface area contributed by atoms with Gasteiger partial charge in [0.2, 0.25) is 11.7 Å². The van der Waals surface area contributed by atoms with Crippen LogP contribution < -0.4 is 5.56 Å². The number of ether oxygens (including phenoxy) is 1. The van der Waals surface area contributed by atoms with Crippen molar-refractivity contribution in [3.63, 3.8) is 0 Å². The van der Waals surface area contributed by atoms with Crippen LogP contribution in [0, 0.1) is 5.92 Å². The summed E-state index contributed by atoms with van der Waals surface area (Å²) >= 11 is 0. The van der Waals surface area contributed by atoms with Gasteiger partial charge in [-0.2, -0.15) is 10.1 Å². The predicted octanol–water partition coefficient (Wildman–Crippen LogP) is 3.31. The van der Waals surface area contributed by atoms with Gasteiger partial charge in [-0.15, -0.1) is 0 Å². The van der Waals surface area contributed by atoms with Crippen LogP contribution in [0.1, 0.15) is 70.4 Å². The van der Waals surface area contributed by atoms with Crippen molar-refractivity contribution in [3.8, 4) is 11.4 Å². The number of rotatable bonds is 3. The van der Waals surface area contributed by atoms with Crippen LogP contribution in [-0.4, -0.2) is 54.4 Å². The summed E-state index contributed by atoms with van der Waals surface area (Å²) < 4.78 is 12.7. The molecule has 3 aromatic heterocycles. The molecule has 1 amide bonds. The quantitative estimate of drug-likeness (QED) is 0.664. The van der Waals surface area contributed by atoms with Gasteiger partial charge in [0.15, 0.2) is 0 Å². The fraction of sp³-hybridized carbons (Fsp3) is 0.591. The summed E-state index contributed by atoms with van der Waals surface area (Å²) in [6.45, 7) is 8.86. The van der Waals surface area contributed by atoms with Gasteiger partial charge in [0, 0.05) is 31.0 Å². The highest BCUT2D eigenvalue weighted by atomic mass is 16.6. The van der Waals surface area contributed by atoms with Gasteiger partial charge in [-0.05, 0) is 46.0 Å². The zero-order chi connectivity index (χ0) is 22.6. The van der Waals surface area contributed by atoms with E-state index in [0.717, 1.165) is 25.0 Å². The molecule has 2 fully saturated rings. The molecule has 10 nitrogen and oxygen atoms in total. The first kappa shape index (κ1) is 20.7. The van der Waals surface area contributed by atoms with Crippen LogP contribution in [0.5, 0.6) is 0 Å². The highest BCUT2D eigenvalue weighted by Crippen LogP contribution is 2.46. The van der Waals surface area contributed by atoms with Crippen LogP contribution in [0.15, 0.2) is 21.6 Å². The molecule has 2 aliphatic rings. The van der Waals surface area contributed by atoms with Crippen molar-refractivity contribution >= 4 is 11.7 Å². The zero-order valence-electron chi connectivity index (χ0n) is 18.8. The fourth-order valence-corrected chi connectivity index (χ4v) is 4.31. The summed E-state index contributed by atoms with van der Waals surface area (Å²) in [4.78, 5) is 34.0. The Balaban J connectivity index is 1.38. The lowest BCUT2D eigenvalue weighted by Gasteiger charge is -2.33. The number of carbonyl (C=O) groups excluding carboxylic acids is 1. The van der Waals surface area contributed by atoms with E-state index in [4.69, 9.17) is 9.26 Å². The number of aromatic amines is 1. The maximum absolute atomic E-state index is 12.5. The number of aromatic nitrogens is 5.